The van der Waals surface area contributed by atoms with E-state index in [1.54, 1.807) is 0 Å². The van der Waals surface area contributed by atoms with Crippen LogP contribution in [-0.4, -0.2) is 18.1 Å². The van der Waals surface area contributed by atoms with Crippen LogP contribution in [0, 0.1) is 0 Å². The molecular weight excluding hydrogens is 462 g/mol. The Balaban J connectivity index is 0.00000361. The molecule has 4 aromatic rings. The van der Waals surface area contributed by atoms with Gasteiger partial charge in [0.15, 0.2) is 0 Å². The molecule has 3 nitrogen and oxygen atoms in total. The molecular formula is C32H40ClN3. The number of aromatic nitrogens is 1. The Morgan fingerprint density at radius 2 is 1.19 bits per heavy atom. The second-order valence-corrected chi connectivity index (χ2v) is 9.17. The number of hydrogen-bond donors (Lipinski definition) is 2. The monoisotopic (exact) mass is 501 g/mol. The van der Waals surface area contributed by atoms with Gasteiger partial charge >= 0.3 is 0 Å². The Morgan fingerprint density at radius 3 is 1.83 bits per heavy atom. The zero-order valence-electron chi connectivity index (χ0n) is 21.9. The number of rotatable bonds is 12. The molecule has 4 rings (SSSR count). The van der Waals surface area contributed by atoms with E-state index in [0.717, 1.165) is 51.6 Å². The van der Waals surface area contributed by atoms with Crippen molar-refractivity contribution in [2.75, 3.05) is 23.7 Å². The first-order valence-corrected chi connectivity index (χ1v) is 13.3. The maximum atomic E-state index is 5.23. The molecule has 0 atom stereocenters. The van der Waals surface area contributed by atoms with Crippen molar-refractivity contribution in [2.45, 2.75) is 59.3 Å². The third-order valence-electron chi connectivity index (χ3n) is 6.89. The highest BCUT2D eigenvalue weighted by atomic mass is 35.5. The smallest absolute Gasteiger partial charge is 0.0737 e. The molecule has 0 spiro atoms. The van der Waals surface area contributed by atoms with Crippen LogP contribution in [0.2, 0.25) is 0 Å². The highest BCUT2D eigenvalue weighted by molar-refractivity contribution is 5.85. The lowest BCUT2D eigenvalue weighted by molar-refractivity contribution is 0.818. The van der Waals surface area contributed by atoms with E-state index in [9.17, 15) is 0 Å². The normalized spacial score (nSPS) is 10.8. The lowest BCUT2D eigenvalue weighted by atomic mass is 10.0. The van der Waals surface area contributed by atoms with E-state index in [1.165, 1.54) is 50.2 Å². The topological polar surface area (TPSA) is 37.0 Å². The standard InChI is InChI=1S/C32H39N3.ClH/c1-4-24-13-7-9-17-29(24)33-21-12-19-31-27(20-22-34-30-18-10-8-14-25(30)5-2)23-28-16-11-15-26(6-3)32(28)35-31;/h7-11,13-18,23,33-34H,4-6,12,19-22H2,1-3H3;1H. The Hall–Kier alpha value is -3.04. The Morgan fingerprint density at radius 1 is 0.611 bits per heavy atom. The minimum absolute atomic E-state index is 0. The van der Waals surface area contributed by atoms with E-state index in [1.807, 2.05) is 0 Å². The number of benzene rings is 3. The predicted octanol–water partition coefficient (Wildman–Crippen LogP) is 8.04. The summed E-state index contributed by atoms with van der Waals surface area (Å²) in [6.45, 7) is 8.50. The van der Waals surface area contributed by atoms with Gasteiger partial charge in [0.1, 0.15) is 0 Å². The van der Waals surface area contributed by atoms with Crippen LogP contribution in [0.4, 0.5) is 11.4 Å². The van der Waals surface area contributed by atoms with Gasteiger partial charge in [0, 0.05) is 35.5 Å². The maximum absolute atomic E-state index is 5.23. The molecule has 0 saturated carbocycles. The lowest BCUT2D eigenvalue weighted by Gasteiger charge is -2.15. The van der Waals surface area contributed by atoms with Crippen molar-refractivity contribution in [2.24, 2.45) is 0 Å². The van der Waals surface area contributed by atoms with Crippen molar-refractivity contribution >= 4 is 34.7 Å². The molecule has 3 aromatic carbocycles. The number of para-hydroxylation sites is 3. The van der Waals surface area contributed by atoms with E-state index in [0.29, 0.717) is 0 Å². The van der Waals surface area contributed by atoms with Gasteiger partial charge in [0.05, 0.1) is 5.52 Å². The Bertz CT molecular complexity index is 1250. The van der Waals surface area contributed by atoms with Crippen LogP contribution >= 0.6 is 12.4 Å². The summed E-state index contributed by atoms with van der Waals surface area (Å²) < 4.78 is 0. The number of hydrogen-bond acceptors (Lipinski definition) is 3. The molecule has 4 heteroatoms. The van der Waals surface area contributed by atoms with Gasteiger partial charge in [-0.2, -0.15) is 0 Å². The average molecular weight is 502 g/mol. The van der Waals surface area contributed by atoms with Crippen LogP contribution < -0.4 is 10.6 Å². The van der Waals surface area contributed by atoms with E-state index < -0.39 is 0 Å². The van der Waals surface area contributed by atoms with Crippen molar-refractivity contribution < 1.29 is 0 Å². The van der Waals surface area contributed by atoms with Crippen LogP contribution in [-0.2, 0) is 32.1 Å². The van der Waals surface area contributed by atoms with Crippen molar-refractivity contribution in [1.82, 2.24) is 4.98 Å². The molecule has 0 aliphatic rings. The number of nitrogens with one attached hydrogen (secondary N) is 2. The fraction of sp³-hybridized carbons (Fsp3) is 0.344. The average Bonchev–Trinajstić information content (AvgIpc) is 2.91. The highest BCUT2D eigenvalue weighted by Crippen LogP contribution is 2.23. The van der Waals surface area contributed by atoms with Crippen LogP contribution in [0.3, 0.4) is 0 Å². The Kier molecular flexibility index (Phi) is 10.6. The van der Waals surface area contributed by atoms with Gasteiger partial charge in [-0.3, -0.25) is 4.98 Å². The number of anilines is 2. The third kappa shape index (κ3) is 6.79. The van der Waals surface area contributed by atoms with Crippen molar-refractivity contribution in [3.05, 3.63) is 101 Å². The zero-order chi connectivity index (χ0) is 24.5. The van der Waals surface area contributed by atoms with Gasteiger partial charge in [-0.15, -0.1) is 12.4 Å². The molecule has 1 aromatic heterocycles. The summed E-state index contributed by atoms with van der Waals surface area (Å²) in [5.74, 6) is 0. The summed E-state index contributed by atoms with van der Waals surface area (Å²) in [7, 11) is 0. The first-order chi connectivity index (χ1) is 17.2. The van der Waals surface area contributed by atoms with E-state index in [-0.39, 0.29) is 12.4 Å². The van der Waals surface area contributed by atoms with Gasteiger partial charge in [-0.1, -0.05) is 75.4 Å². The van der Waals surface area contributed by atoms with E-state index in [4.69, 9.17) is 4.98 Å². The van der Waals surface area contributed by atoms with Gasteiger partial charge < -0.3 is 10.6 Å². The number of pyridine rings is 1. The molecule has 0 fully saturated rings. The summed E-state index contributed by atoms with van der Waals surface area (Å²) >= 11 is 0. The van der Waals surface area contributed by atoms with Gasteiger partial charge in [-0.05, 0) is 79.0 Å². The summed E-state index contributed by atoms with van der Waals surface area (Å²) in [6, 6.07) is 26.2. The summed E-state index contributed by atoms with van der Waals surface area (Å²) in [5.41, 5.74) is 10.4. The minimum Gasteiger partial charge on any atom is -0.385 e. The fourth-order valence-corrected chi connectivity index (χ4v) is 4.87. The first-order valence-electron chi connectivity index (χ1n) is 13.3. The molecule has 0 radical (unpaired) electrons. The van der Waals surface area contributed by atoms with Crippen molar-refractivity contribution in [3.8, 4) is 0 Å². The molecule has 2 N–H and O–H groups in total. The summed E-state index contributed by atoms with van der Waals surface area (Å²) in [5, 5.41) is 8.58. The SMILES string of the molecule is CCc1ccccc1NCCCc1nc2c(CC)cccc2cc1CCNc1ccccc1CC.Cl. The number of aryl methyl sites for hydroxylation is 4. The van der Waals surface area contributed by atoms with Crippen molar-refractivity contribution in [1.29, 1.82) is 0 Å². The number of nitrogens with zero attached hydrogens (tertiary/aromatic N) is 1. The Labute approximate surface area is 223 Å². The molecule has 36 heavy (non-hydrogen) atoms. The zero-order valence-corrected chi connectivity index (χ0v) is 22.8. The number of fused-ring (bicyclic) bond motifs is 1. The predicted molar refractivity (Wildman–Crippen MR) is 159 cm³/mol. The lowest BCUT2D eigenvalue weighted by Crippen LogP contribution is -2.11. The van der Waals surface area contributed by atoms with Gasteiger partial charge in [-0.25, -0.2) is 0 Å². The van der Waals surface area contributed by atoms with Crippen LogP contribution in [0.25, 0.3) is 10.9 Å². The third-order valence-corrected chi connectivity index (χ3v) is 6.89. The van der Waals surface area contributed by atoms with E-state index >= 15 is 0 Å². The van der Waals surface area contributed by atoms with E-state index in [2.05, 4.69) is 104 Å². The van der Waals surface area contributed by atoms with Crippen molar-refractivity contribution in [3.63, 3.8) is 0 Å². The quantitative estimate of drug-likeness (QED) is 0.193. The molecule has 0 unspecified atom stereocenters. The number of halogens is 1. The van der Waals surface area contributed by atoms with Crippen LogP contribution in [0.1, 0.15) is 55.1 Å². The summed E-state index contributed by atoms with van der Waals surface area (Å²) in [4.78, 5) is 5.23. The maximum Gasteiger partial charge on any atom is 0.0737 e. The molecule has 190 valence electrons. The largest absolute Gasteiger partial charge is 0.385 e. The molecule has 0 amide bonds. The first kappa shape index (κ1) is 27.5. The van der Waals surface area contributed by atoms with Crippen LogP contribution in [0.15, 0.2) is 72.8 Å². The van der Waals surface area contributed by atoms with Crippen LogP contribution in [0.5, 0.6) is 0 Å². The molecule has 1 heterocycles. The summed E-state index contributed by atoms with van der Waals surface area (Å²) in [6.07, 6.45) is 6.11. The second kappa shape index (κ2) is 13.9. The highest BCUT2D eigenvalue weighted by Gasteiger charge is 2.10. The van der Waals surface area contributed by atoms with Gasteiger partial charge in [0.25, 0.3) is 0 Å². The molecule has 0 saturated heterocycles. The second-order valence-electron chi connectivity index (χ2n) is 9.17. The molecule has 0 aliphatic heterocycles. The molecule has 0 aliphatic carbocycles. The minimum atomic E-state index is 0. The molecule has 0 bridgehead atoms. The fourth-order valence-electron chi connectivity index (χ4n) is 4.87. The van der Waals surface area contributed by atoms with Gasteiger partial charge in [0.2, 0.25) is 0 Å².